The summed E-state index contributed by atoms with van der Waals surface area (Å²) in [6.45, 7) is 3.10. The summed E-state index contributed by atoms with van der Waals surface area (Å²) in [4.78, 5) is 25.1. The van der Waals surface area contributed by atoms with E-state index in [1.54, 1.807) is 24.2 Å². The Morgan fingerprint density at radius 1 is 1.22 bits per heavy atom. The number of hydrogen-bond donors (Lipinski definition) is 2. The average molecular weight is 313 g/mol. The fourth-order valence-corrected chi connectivity index (χ4v) is 2.72. The lowest BCUT2D eigenvalue weighted by molar-refractivity contribution is -0.116. The van der Waals surface area contributed by atoms with Crippen LogP contribution in [0, 0.1) is 0 Å². The van der Waals surface area contributed by atoms with E-state index in [-0.39, 0.29) is 11.9 Å². The van der Waals surface area contributed by atoms with Crippen molar-refractivity contribution < 1.29 is 14.0 Å². The molecule has 0 aliphatic carbocycles. The maximum atomic E-state index is 11.8. The Bertz CT molecular complexity index is 710. The standard InChI is InChI=1S/C17H19N3O3/c1-12(21)20-7-6-14-9-13(4-5-16(14)20)10-18-17(22)19-11-15-3-2-8-23-15/h2-5,8-9H,6-7,10-11H2,1H3,(H2,18,19,22). The lowest BCUT2D eigenvalue weighted by Crippen LogP contribution is -2.34. The number of nitrogens with zero attached hydrogens (tertiary/aromatic N) is 1. The van der Waals surface area contributed by atoms with Crippen molar-refractivity contribution in [2.24, 2.45) is 0 Å². The highest BCUT2D eigenvalue weighted by atomic mass is 16.3. The fourth-order valence-electron chi connectivity index (χ4n) is 2.72. The lowest BCUT2D eigenvalue weighted by atomic mass is 10.1. The predicted octanol–water partition coefficient (Wildman–Crippen LogP) is 2.19. The summed E-state index contributed by atoms with van der Waals surface area (Å²) in [5, 5.41) is 5.55. The first-order valence-electron chi connectivity index (χ1n) is 7.57. The highest BCUT2D eigenvalue weighted by Gasteiger charge is 2.21. The number of amides is 3. The molecule has 0 radical (unpaired) electrons. The van der Waals surface area contributed by atoms with E-state index in [2.05, 4.69) is 10.6 Å². The number of benzene rings is 1. The van der Waals surface area contributed by atoms with Crippen LogP contribution < -0.4 is 15.5 Å². The lowest BCUT2D eigenvalue weighted by Gasteiger charge is -2.15. The quantitative estimate of drug-likeness (QED) is 0.908. The first-order chi connectivity index (χ1) is 11.1. The van der Waals surface area contributed by atoms with E-state index in [1.165, 1.54) is 0 Å². The van der Waals surface area contributed by atoms with Crippen LogP contribution >= 0.6 is 0 Å². The van der Waals surface area contributed by atoms with Gasteiger partial charge in [0.2, 0.25) is 5.91 Å². The van der Waals surface area contributed by atoms with Gasteiger partial charge in [0.05, 0.1) is 12.8 Å². The molecule has 2 aromatic rings. The van der Waals surface area contributed by atoms with Crippen LogP contribution in [0.15, 0.2) is 41.0 Å². The second-order valence-electron chi connectivity index (χ2n) is 5.50. The second-order valence-corrected chi connectivity index (χ2v) is 5.50. The molecule has 0 atom stereocenters. The van der Waals surface area contributed by atoms with Gasteiger partial charge in [0, 0.05) is 25.7 Å². The Labute approximate surface area is 134 Å². The molecule has 1 aliphatic rings. The number of nitrogens with one attached hydrogen (secondary N) is 2. The Hall–Kier alpha value is -2.76. The van der Waals surface area contributed by atoms with Crippen molar-refractivity contribution in [3.05, 3.63) is 53.5 Å². The minimum atomic E-state index is -0.243. The molecule has 0 spiro atoms. The Morgan fingerprint density at radius 2 is 2.04 bits per heavy atom. The Balaban J connectivity index is 1.53. The number of anilines is 1. The van der Waals surface area contributed by atoms with Gasteiger partial charge in [0.1, 0.15) is 5.76 Å². The molecular weight excluding hydrogens is 294 g/mol. The third-order valence-corrected chi connectivity index (χ3v) is 3.88. The molecule has 1 aliphatic heterocycles. The van der Waals surface area contributed by atoms with E-state index >= 15 is 0 Å². The molecule has 1 aromatic heterocycles. The van der Waals surface area contributed by atoms with Gasteiger partial charge in [-0.2, -0.15) is 0 Å². The summed E-state index contributed by atoms with van der Waals surface area (Å²) in [5.74, 6) is 0.772. The van der Waals surface area contributed by atoms with Crippen LogP contribution in [-0.2, 0) is 24.3 Å². The SMILES string of the molecule is CC(=O)N1CCc2cc(CNC(=O)NCc3ccco3)ccc21. The first-order valence-corrected chi connectivity index (χ1v) is 7.57. The van der Waals surface area contributed by atoms with Crippen LogP contribution in [0.5, 0.6) is 0 Å². The third-order valence-electron chi connectivity index (χ3n) is 3.88. The van der Waals surface area contributed by atoms with Crippen molar-refractivity contribution in [1.29, 1.82) is 0 Å². The van der Waals surface area contributed by atoms with Gasteiger partial charge in [-0.1, -0.05) is 12.1 Å². The van der Waals surface area contributed by atoms with Crippen LogP contribution in [0.1, 0.15) is 23.8 Å². The molecule has 2 heterocycles. The van der Waals surface area contributed by atoms with Crippen LogP contribution in [0.25, 0.3) is 0 Å². The molecule has 23 heavy (non-hydrogen) atoms. The molecular formula is C17H19N3O3. The maximum Gasteiger partial charge on any atom is 0.315 e. The topological polar surface area (TPSA) is 74.6 Å². The number of carbonyl (C=O) groups is 2. The van der Waals surface area contributed by atoms with Gasteiger partial charge in [0.15, 0.2) is 0 Å². The Morgan fingerprint density at radius 3 is 2.78 bits per heavy atom. The van der Waals surface area contributed by atoms with Crippen molar-refractivity contribution in [3.63, 3.8) is 0 Å². The van der Waals surface area contributed by atoms with Gasteiger partial charge < -0.3 is 20.0 Å². The van der Waals surface area contributed by atoms with Gasteiger partial charge in [-0.05, 0) is 35.7 Å². The van der Waals surface area contributed by atoms with Crippen LogP contribution in [0.2, 0.25) is 0 Å². The predicted molar refractivity (Wildman–Crippen MR) is 86.0 cm³/mol. The number of rotatable bonds is 4. The van der Waals surface area contributed by atoms with Gasteiger partial charge in [-0.3, -0.25) is 4.79 Å². The molecule has 2 N–H and O–H groups in total. The summed E-state index contributed by atoms with van der Waals surface area (Å²) in [5.41, 5.74) is 3.14. The fraction of sp³-hybridized carbons (Fsp3) is 0.294. The third kappa shape index (κ3) is 3.53. The van der Waals surface area contributed by atoms with E-state index < -0.39 is 0 Å². The van der Waals surface area contributed by atoms with E-state index in [9.17, 15) is 9.59 Å². The molecule has 0 fully saturated rings. The zero-order chi connectivity index (χ0) is 16.2. The molecule has 0 unspecified atom stereocenters. The molecule has 6 heteroatoms. The van der Waals surface area contributed by atoms with Crippen molar-refractivity contribution >= 4 is 17.6 Å². The largest absolute Gasteiger partial charge is 0.467 e. The van der Waals surface area contributed by atoms with E-state index in [4.69, 9.17) is 4.42 Å². The van der Waals surface area contributed by atoms with Crippen LogP contribution in [0.4, 0.5) is 10.5 Å². The number of fused-ring (bicyclic) bond motifs is 1. The molecule has 0 saturated carbocycles. The monoisotopic (exact) mass is 313 g/mol. The molecule has 3 rings (SSSR count). The summed E-state index contributed by atoms with van der Waals surface area (Å²) in [6, 6.07) is 9.28. The number of furan rings is 1. The minimum Gasteiger partial charge on any atom is -0.467 e. The Kier molecular flexibility index (Phi) is 4.32. The van der Waals surface area contributed by atoms with E-state index in [0.717, 1.165) is 29.8 Å². The minimum absolute atomic E-state index is 0.0620. The zero-order valence-corrected chi connectivity index (χ0v) is 13.0. The molecule has 0 saturated heterocycles. The van der Waals surface area contributed by atoms with Crippen molar-refractivity contribution in [2.75, 3.05) is 11.4 Å². The molecule has 120 valence electrons. The zero-order valence-electron chi connectivity index (χ0n) is 13.0. The summed E-state index contributed by atoms with van der Waals surface area (Å²) in [6.07, 6.45) is 2.43. The van der Waals surface area contributed by atoms with Crippen LogP contribution in [0.3, 0.4) is 0 Å². The van der Waals surface area contributed by atoms with E-state index in [1.807, 2.05) is 24.3 Å². The summed E-state index contributed by atoms with van der Waals surface area (Å²) >= 11 is 0. The number of hydrogen-bond acceptors (Lipinski definition) is 3. The van der Waals surface area contributed by atoms with Gasteiger partial charge in [-0.25, -0.2) is 4.79 Å². The molecule has 0 bridgehead atoms. The van der Waals surface area contributed by atoms with Gasteiger partial charge in [-0.15, -0.1) is 0 Å². The van der Waals surface area contributed by atoms with Gasteiger partial charge >= 0.3 is 6.03 Å². The van der Waals surface area contributed by atoms with Crippen molar-refractivity contribution in [3.8, 4) is 0 Å². The van der Waals surface area contributed by atoms with Crippen molar-refractivity contribution in [1.82, 2.24) is 10.6 Å². The highest BCUT2D eigenvalue weighted by molar-refractivity contribution is 5.93. The highest BCUT2D eigenvalue weighted by Crippen LogP contribution is 2.28. The second kappa shape index (κ2) is 6.56. The first kappa shape index (κ1) is 15.1. The summed E-state index contributed by atoms with van der Waals surface area (Å²) in [7, 11) is 0. The molecule has 3 amide bonds. The summed E-state index contributed by atoms with van der Waals surface area (Å²) < 4.78 is 5.15. The van der Waals surface area contributed by atoms with Crippen molar-refractivity contribution in [2.45, 2.75) is 26.4 Å². The average Bonchev–Trinajstić information content (AvgIpc) is 3.19. The number of urea groups is 1. The van der Waals surface area contributed by atoms with Gasteiger partial charge in [0.25, 0.3) is 0 Å². The molecule has 1 aromatic carbocycles. The number of carbonyl (C=O) groups excluding carboxylic acids is 2. The maximum absolute atomic E-state index is 11.8. The molecule has 6 nitrogen and oxygen atoms in total. The normalized spacial score (nSPS) is 12.8. The smallest absolute Gasteiger partial charge is 0.315 e. The van der Waals surface area contributed by atoms with Crippen LogP contribution in [-0.4, -0.2) is 18.5 Å². The van der Waals surface area contributed by atoms with E-state index in [0.29, 0.717) is 18.8 Å².